The third-order valence-electron chi connectivity index (χ3n) is 12.4. The fraction of sp³-hybridized carbons (Fsp3) is 0.0545. The van der Waals surface area contributed by atoms with Gasteiger partial charge >= 0.3 is 0 Å². The van der Waals surface area contributed by atoms with Crippen molar-refractivity contribution < 1.29 is 4.74 Å². The van der Waals surface area contributed by atoms with E-state index in [0.29, 0.717) is 5.95 Å². The quantitative estimate of drug-likeness (QED) is 0.169. The molecule has 1 aliphatic carbocycles. The van der Waals surface area contributed by atoms with Gasteiger partial charge in [0, 0.05) is 45.4 Å². The maximum absolute atomic E-state index is 6.73. The number of ether oxygens (including phenoxy) is 1. The second kappa shape index (κ2) is 13.7. The molecule has 12 rings (SSSR count). The number of allylic oxidation sites excluding steroid dienone is 2. The largest absolute Gasteiger partial charge is 0.456 e. The van der Waals surface area contributed by atoms with E-state index >= 15 is 0 Å². The van der Waals surface area contributed by atoms with Crippen molar-refractivity contribution in [3.63, 3.8) is 0 Å². The number of para-hydroxylation sites is 3. The van der Waals surface area contributed by atoms with Gasteiger partial charge in [-0.05, 0) is 100 Å². The van der Waals surface area contributed by atoms with Crippen LogP contribution in [0.1, 0.15) is 17.5 Å². The van der Waals surface area contributed by atoms with Crippen LogP contribution in [0.15, 0.2) is 194 Å². The van der Waals surface area contributed by atoms with Crippen LogP contribution in [0, 0.1) is 0 Å². The molecule has 0 spiro atoms. The van der Waals surface area contributed by atoms with Crippen molar-refractivity contribution in [3.8, 4) is 39.6 Å². The number of anilines is 1. The molecule has 10 aromatic rings. The number of hydrogen-bond donors (Lipinski definition) is 0. The highest BCUT2D eigenvalue weighted by Crippen LogP contribution is 2.48. The number of rotatable bonds is 6. The zero-order chi connectivity index (χ0) is 39.7. The standard InChI is InChI=1S/C55H38N4O/c1-58(55-56-47-23-10-8-21-44(47)54(57-55)36-14-4-2-5-15-36)48-30-27-37(38-28-31-50-46(33-38)41-20-9-11-24-49(41)59(50)40-18-6-3-7-19-40)32-45(48)39-26-29-42-43-22-12-16-35-17-13-25-51(53(35)43)60-52(42)34-39/h2-29,31-34,48H,30H2,1H3. The average Bonchev–Trinajstić information content (AvgIpc) is 3.65. The molecule has 5 nitrogen and oxygen atoms in total. The Kier molecular flexibility index (Phi) is 7.82. The summed E-state index contributed by atoms with van der Waals surface area (Å²) in [6.07, 6.45) is 5.52. The second-order valence-electron chi connectivity index (χ2n) is 15.8. The summed E-state index contributed by atoms with van der Waals surface area (Å²) in [5, 5.41) is 5.84. The van der Waals surface area contributed by atoms with Crippen molar-refractivity contribution in [2.24, 2.45) is 0 Å². The van der Waals surface area contributed by atoms with Gasteiger partial charge in [-0.1, -0.05) is 133 Å². The molecule has 8 aromatic carbocycles. The minimum Gasteiger partial charge on any atom is -0.456 e. The SMILES string of the molecule is CN(c1nc(-c2ccccc2)c2ccccc2n1)C1CC=C(c2ccc3c(c2)c2ccccc2n3-c2ccccc2)C=C1c1ccc2c(c1)Oc1cccc3cccc-2c13. The normalized spacial score (nSPS) is 14.5. The molecule has 0 saturated carbocycles. The van der Waals surface area contributed by atoms with Gasteiger partial charge in [0.05, 0.1) is 28.3 Å². The Balaban J connectivity index is 1.01. The van der Waals surface area contributed by atoms with Crippen LogP contribution in [0.2, 0.25) is 0 Å². The molecule has 2 aliphatic rings. The van der Waals surface area contributed by atoms with Crippen molar-refractivity contribution in [1.82, 2.24) is 14.5 Å². The van der Waals surface area contributed by atoms with Gasteiger partial charge in [-0.15, -0.1) is 0 Å². The first kappa shape index (κ1) is 34.3. The van der Waals surface area contributed by atoms with Crippen molar-refractivity contribution >= 4 is 60.6 Å². The fourth-order valence-corrected chi connectivity index (χ4v) is 9.46. The van der Waals surface area contributed by atoms with Gasteiger partial charge < -0.3 is 14.2 Å². The molecule has 3 heterocycles. The number of benzene rings is 8. The van der Waals surface area contributed by atoms with Crippen LogP contribution >= 0.6 is 0 Å². The maximum Gasteiger partial charge on any atom is 0.226 e. The molecule has 1 atom stereocenters. The number of likely N-dealkylation sites (N-methyl/N-ethyl adjacent to an activating group) is 1. The van der Waals surface area contributed by atoms with E-state index in [1.54, 1.807) is 0 Å². The summed E-state index contributed by atoms with van der Waals surface area (Å²) in [7, 11) is 2.13. The number of hydrogen-bond acceptors (Lipinski definition) is 4. The third-order valence-corrected chi connectivity index (χ3v) is 12.4. The van der Waals surface area contributed by atoms with Gasteiger partial charge in [-0.2, -0.15) is 0 Å². The Labute approximate surface area is 347 Å². The maximum atomic E-state index is 6.73. The molecule has 0 bridgehead atoms. The van der Waals surface area contributed by atoms with E-state index in [4.69, 9.17) is 14.7 Å². The second-order valence-corrected chi connectivity index (χ2v) is 15.8. The van der Waals surface area contributed by atoms with Gasteiger partial charge in [0.25, 0.3) is 0 Å². The van der Waals surface area contributed by atoms with E-state index in [0.717, 1.165) is 62.3 Å². The van der Waals surface area contributed by atoms with Crippen LogP contribution in [0.3, 0.4) is 0 Å². The van der Waals surface area contributed by atoms with Gasteiger partial charge in [0.15, 0.2) is 0 Å². The molecular weight excluding hydrogens is 733 g/mol. The minimum atomic E-state index is -0.0559. The lowest BCUT2D eigenvalue weighted by atomic mass is 9.85. The lowest BCUT2D eigenvalue weighted by Gasteiger charge is -2.33. The zero-order valence-electron chi connectivity index (χ0n) is 33.0. The molecule has 1 aliphatic heterocycles. The molecule has 0 amide bonds. The smallest absolute Gasteiger partial charge is 0.226 e. The summed E-state index contributed by atoms with van der Waals surface area (Å²) in [5.74, 6) is 2.44. The van der Waals surface area contributed by atoms with Crippen LogP contribution < -0.4 is 9.64 Å². The fourth-order valence-electron chi connectivity index (χ4n) is 9.46. The number of fused-ring (bicyclic) bond motifs is 6. The van der Waals surface area contributed by atoms with Crippen molar-refractivity contribution in [2.45, 2.75) is 12.5 Å². The van der Waals surface area contributed by atoms with Crippen molar-refractivity contribution in [1.29, 1.82) is 0 Å². The van der Waals surface area contributed by atoms with Gasteiger partial charge in [0.1, 0.15) is 11.5 Å². The van der Waals surface area contributed by atoms with Crippen molar-refractivity contribution in [2.75, 3.05) is 11.9 Å². The van der Waals surface area contributed by atoms with Crippen LogP contribution in [0.25, 0.3) is 82.7 Å². The molecule has 0 radical (unpaired) electrons. The molecule has 60 heavy (non-hydrogen) atoms. The van der Waals surface area contributed by atoms with Crippen molar-refractivity contribution in [3.05, 3.63) is 205 Å². The Morgan fingerprint density at radius 1 is 0.567 bits per heavy atom. The van der Waals surface area contributed by atoms with E-state index in [1.807, 2.05) is 6.07 Å². The Morgan fingerprint density at radius 2 is 1.30 bits per heavy atom. The molecule has 0 fully saturated rings. The van der Waals surface area contributed by atoms with Gasteiger partial charge in [-0.25, -0.2) is 9.97 Å². The molecule has 1 unspecified atom stereocenters. The monoisotopic (exact) mass is 770 g/mol. The summed E-state index contributed by atoms with van der Waals surface area (Å²) in [4.78, 5) is 12.7. The van der Waals surface area contributed by atoms with Crippen LogP contribution in [-0.4, -0.2) is 27.6 Å². The van der Waals surface area contributed by atoms with E-state index < -0.39 is 0 Å². The summed E-state index contributed by atoms with van der Waals surface area (Å²) in [6.45, 7) is 0. The minimum absolute atomic E-state index is 0.0559. The highest BCUT2D eigenvalue weighted by molar-refractivity contribution is 6.11. The lowest BCUT2D eigenvalue weighted by Crippen LogP contribution is -2.35. The zero-order valence-corrected chi connectivity index (χ0v) is 33.0. The van der Waals surface area contributed by atoms with Crippen LogP contribution in [-0.2, 0) is 0 Å². The van der Waals surface area contributed by atoms with Crippen LogP contribution in [0.4, 0.5) is 5.95 Å². The summed E-state index contributed by atoms with van der Waals surface area (Å²) in [6, 6.07) is 64.5. The molecule has 5 heteroatoms. The summed E-state index contributed by atoms with van der Waals surface area (Å²) < 4.78 is 9.10. The highest BCUT2D eigenvalue weighted by Gasteiger charge is 2.29. The predicted molar refractivity (Wildman–Crippen MR) is 248 cm³/mol. The molecule has 0 N–H and O–H groups in total. The Bertz CT molecular complexity index is 3390. The first-order chi connectivity index (χ1) is 29.7. The van der Waals surface area contributed by atoms with E-state index in [2.05, 4.69) is 205 Å². The molecule has 0 saturated heterocycles. The molecule has 284 valence electrons. The number of aromatic nitrogens is 3. The van der Waals surface area contributed by atoms with Crippen LogP contribution in [0.5, 0.6) is 11.5 Å². The summed E-state index contributed by atoms with van der Waals surface area (Å²) in [5.41, 5.74) is 13.4. The predicted octanol–water partition coefficient (Wildman–Crippen LogP) is 13.7. The van der Waals surface area contributed by atoms with Gasteiger partial charge in [-0.3, -0.25) is 0 Å². The lowest BCUT2D eigenvalue weighted by molar-refractivity contribution is 0.487. The third kappa shape index (κ3) is 5.47. The van der Waals surface area contributed by atoms with Gasteiger partial charge in [0.2, 0.25) is 5.95 Å². The topological polar surface area (TPSA) is 43.2 Å². The van der Waals surface area contributed by atoms with E-state index in [9.17, 15) is 0 Å². The van der Waals surface area contributed by atoms with E-state index in [1.165, 1.54) is 49.5 Å². The first-order valence-electron chi connectivity index (χ1n) is 20.6. The Morgan fingerprint density at radius 3 is 2.17 bits per heavy atom. The highest BCUT2D eigenvalue weighted by atomic mass is 16.5. The summed E-state index contributed by atoms with van der Waals surface area (Å²) >= 11 is 0. The Hall–Kier alpha value is -7.76. The first-order valence-corrected chi connectivity index (χ1v) is 20.6. The molecule has 2 aromatic heterocycles. The van der Waals surface area contributed by atoms with E-state index in [-0.39, 0.29) is 6.04 Å². The average molecular weight is 771 g/mol. The number of nitrogens with zero attached hydrogens (tertiary/aromatic N) is 4. The molecular formula is C55H38N4O.